The van der Waals surface area contributed by atoms with E-state index in [2.05, 4.69) is 11.1 Å². The highest BCUT2D eigenvalue weighted by Gasteiger charge is 2.46. The van der Waals surface area contributed by atoms with Gasteiger partial charge in [-0.25, -0.2) is 0 Å². The van der Waals surface area contributed by atoms with Crippen LogP contribution in [0.3, 0.4) is 0 Å². The van der Waals surface area contributed by atoms with Gasteiger partial charge in [0, 0.05) is 22.6 Å². The second-order valence-electron chi connectivity index (χ2n) is 8.25. The number of carbonyl (C=O) groups excluding carboxylic acids is 2. The van der Waals surface area contributed by atoms with E-state index in [4.69, 9.17) is 15.2 Å². The molecule has 2 unspecified atom stereocenters. The van der Waals surface area contributed by atoms with E-state index in [-0.39, 0.29) is 17.2 Å². The third-order valence-corrected chi connectivity index (χ3v) is 6.38. The Bertz CT molecular complexity index is 1160. The van der Waals surface area contributed by atoms with Crippen molar-refractivity contribution in [1.82, 2.24) is 9.88 Å². The first-order valence-electron chi connectivity index (χ1n) is 10.3. The van der Waals surface area contributed by atoms with Crippen LogP contribution < -0.4 is 15.2 Å². The van der Waals surface area contributed by atoms with Gasteiger partial charge in [0.15, 0.2) is 11.5 Å². The van der Waals surface area contributed by atoms with Gasteiger partial charge in [0.05, 0.1) is 31.4 Å². The Labute approximate surface area is 181 Å². The fourth-order valence-corrected chi connectivity index (χ4v) is 4.26. The molecule has 1 aromatic heterocycles. The number of fused-ring (bicyclic) bond motifs is 2. The number of amides is 2. The predicted molar refractivity (Wildman–Crippen MR) is 119 cm³/mol. The zero-order valence-corrected chi connectivity index (χ0v) is 18.2. The Morgan fingerprint density at radius 3 is 2.55 bits per heavy atom. The lowest BCUT2D eigenvalue weighted by Crippen LogP contribution is -2.57. The molecule has 0 aliphatic carbocycles. The summed E-state index contributed by atoms with van der Waals surface area (Å²) in [5.74, 6) is -0.0958. The molecule has 3 N–H and O–H groups in total. The van der Waals surface area contributed by atoms with E-state index < -0.39 is 17.5 Å². The number of aromatic amines is 1. The van der Waals surface area contributed by atoms with Crippen LogP contribution in [0, 0.1) is 0 Å². The Balaban J connectivity index is 1.58. The van der Waals surface area contributed by atoms with Gasteiger partial charge in [-0.2, -0.15) is 0 Å². The van der Waals surface area contributed by atoms with Crippen molar-refractivity contribution in [1.29, 1.82) is 0 Å². The minimum Gasteiger partial charge on any atom is -0.493 e. The average Bonchev–Trinajstić information content (AvgIpc) is 3.29. The summed E-state index contributed by atoms with van der Waals surface area (Å²) < 4.78 is 10.7. The van der Waals surface area contributed by atoms with Gasteiger partial charge in [0.1, 0.15) is 0 Å². The molecular formula is C24H27N3O4. The molecular weight excluding hydrogens is 394 g/mol. The molecule has 31 heavy (non-hydrogen) atoms. The maximum atomic E-state index is 13.3. The van der Waals surface area contributed by atoms with Gasteiger partial charge >= 0.3 is 0 Å². The summed E-state index contributed by atoms with van der Waals surface area (Å²) in [6.07, 6.45) is 3.32. The zero-order chi connectivity index (χ0) is 22.3. The number of hydrogen-bond acceptors (Lipinski definition) is 5. The maximum absolute atomic E-state index is 13.3. The Kier molecular flexibility index (Phi) is 5.23. The van der Waals surface area contributed by atoms with E-state index >= 15 is 0 Å². The third kappa shape index (κ3) is 3.35. The maximum Gasteiger partial charge on any atom is 0.265 e. The van der Waals surface area contributed by atoms with Crippen molar-refractivity contribution < 1.29 is 19.1 Å². The fourth-order valence-electron chi connectivity index (χ4n) is 4.26. The molecule has 162 valence electrons. The van der Waals surface area contributed by atoms with Crippen LogP contribution in [0.2, 0.25) is 0 Å². The van der Waals surface area contributed by atoms with Crippen molar-refractivity contribution in [2.45, 2.75) is 38.3 Å². The molecule has 4 rings (SSSR count). The number of ether oxygens (including phenoxy) is 2. The highest BCUT2D eigenvalue weighted by molar-refractivity contribution is 6.23. The monoisotopic (exact) mass is 421 g/mol. The minimum atomic E-state index is -0.789. The number of carbonyl (C=O) groups is 2. The van der Waals surface area contributed by atoms with Crippen LogP contribution in [0.1, 0.15) is 46.5 Å². The van der Waals surface area contributed by atoms with Crippen LogP contribution in [-0.2, 0) is 6.42 Å². The first-order chi connectivity index (χ1) is 14.8. The van der Waals surface area contributed by atoms with E-state index in [0.717, 1.165) is 22.9 Å². The van der Waals surface area contributed by atoms with Gasteiger partial charge in [-0.1, -0.05) is 18.2 Å². The Morgan fingerprint density at radius 2 is 1.84 bits per heavy atom. The number of hydrogen-bond donors (Lipinski definition) is 2. The van der Waals surface area contributed by atoms with E-state index in [1.165, 1.54) is 19.1 Å². The van der Waals surface area contributed by atoms with Crippen molar-refractivity contribution in [3.8, 4) is 11.5 Å². The normalized spacial score (nSPS) is 16.4. The summed E-state index contributed by atoms with van der Waals surface area (Å²) in [5, 5.41) is 1.16. The lowest BCUT2D eigenvalue weighted by atomic mass is 9.86. The van der Waals surface area contributed by atoms with E-state index in [9.17, 15) is 9.59 Å². The molecule has 2 aromatic carbocycles. The van der Waals surface area contributed by atoms with Gasteiger partial charge in [-0.05, 0) is 50.5 Å². The molecule has 0 saturated heterocycles. The summed E-state index contributed by atoms with van der Waals surface area (Å²) in [7, 11) is 2.95. The number of nitrogens with one attached hydrogen (secondary N) is 1. The highest BCUT2D eigenvalue weighted by Crippen LogP contribution is 2.40. The molecule has 2 amide bonds. The molecule has 7 heteroatoms. The number of benzene rings is 2. The van der Waals surface area contributed by atoms with Gasteiger partial charge in [-0.3, -0.25) is 14.5 Å². The van der Waals surface area contributed by atoms with Gasteiger partial charge in [0.25, 0.3) is 11.8 Å². The first kappa shape index (κ1) is 20.9. The second-order valence-corrected chi connectivity index (χ2v) is 8.25. The molecule has 7 nitrogen and oxygen atoms in total. The van der Waals surface area contributed by atoms with Crippen LogP contribution in [0.5, 0.6) is 11.5 Å². The van der Waals surface area contributed by atoms with E-state index in [1.807, 2.05) is 38.2 Å². The smallest absolute Gasteiger partial charge is 0.265 e. The summed E-state index contributed by atoms with van der Waals surface area (Å²) >= 11 is 0. The summed E-state index contributed by atoms with van der Waals surface area (Å²) in [6, 6.07) is 10.8. The fraction of sp³-hybridized carbons (Fsp3) is 0.333. The van der Waals surface area contributed by atoms with Crippen molar-refractivity contribution in [3.05, 3.63) is 59.3 Å². The van der Waals surface area contributed by atoms with Gasteiger partial charge < -0.3 is 20.2 Å². The number of rotatable bonds is 7. The number of aryl methyl sites for hydroxylation is 1. The second kappa shape index (κ2) is 7.74. The first-order valence-corrected chi connectivity index (χ1v) is 10.3. The summed E-state index contributed by atoms with van der Waals surface area (Å²) in [6.45, 7) is 3.70. The van der Waals surface area contributed by atoms with Crippen LogP contribution in [0.4, 0.5) is 0 Å². The Morgan fingerprint density at radius 1 is 1.10 bits per heavy atom. The van der Waals surface area contributed by atoms with E-state index in [1.54, 1.807) is 12.1 Å². The van der Waals surface area contributed by atoms with Gasteiger partial charge in [0.2, 0.25) is 0 Å². The lowest BCUT2D eigenvalue weighted by Gasteiger charge is -2.36. The number of methoxy groups -OCH3 is 2. The lowest BCUT2D eigenvalue weighted by molar-refractivity contribution is 0.0521. The van der Waals surface area contributed by atoms with Gasteiger partial charge in [-0.15, -0.1) is 0 Å². The molecule has 1 aliphatic heterocycles. The minimum absolute atomic E-state index is 0.228. The number of H-pyrrole nitrogens is 1. The molecule has 0 fully saturated rings. The van der Waals surface area contributed by atoms with E-state index in [0.29, 0.717) is 17.7 Å². The number of para-hydroxylation sites is 1. The molecule has 0 radical (unpaired) electrons. The molecule has 1 aliphatic rings. The number of nitrogens with zero attached hydrogens (tertiary/aromatic N) is 1. The van der Waals surface area contributed by atoms with Crippen molar-refractivity contribution in [2.24, 2.45) is 5.73 Å². The summed E-state index contributed by atoms with van der Waals surface area (Å²) in [5.41, 5.74) is 8.66. The third-order valence-electron chi connectivity index (χ3n) is 6.38. The summed E-state index contributed by atoms with van der Waals surface area (Å²) in [4.78, 5) is 30.9. The number of aromatic nitrogens is 1. The number of imide groups is 1. The molecule has 0 saturated carbocycles. The zero-order valence-electron chi connectivity index (χ0n) is 18.2. The molecule has 0 bridgehead atoms. The molecule has 0 spiro atoms. The quantitative estimate of drug-likeness (QED) is 0.569. The molecule has 3 aromatic rings. The SMILES string of the molecule is COc1ccc2c(c1OC)C(=O)N(C(C)C(C)(N)CCc1c[nH]c3ccccc13)C2=O. The Hall–Kier alpha value is -3.32. The molecule has 2 heterocycles. The van der Waals surface area contributed by atoms with Crippen LogP contribution in [-0.4, -0.2) is 47.5 Å². The van der Waals surface area contributed by atoms with Crippen LogP contribution in [0.25, 0.3) is 10.9 Å². The topological polar surface area (TPSA) is 97.7 Å². The number of nitrogens with two attached hydrogens (primary N) is 1. The van der Waals surface area contributed by atoms with Crippen LogP contribution >= 0.6 is 0 Å². The molecule has 2 atom stereocenters. The van der Waals surface area contributed by atoms with Crippen LogP contribution in [0.15, 0.2) is 42.6 Å². The average molecular weight is 421 g/mol. The van der Waals surface area contributed by atoms with Crippen molar-refractivity contribution in [2.75, 3.05) is 14.2 Å². The standard InChI is InChI=1S/C24H27N3O4/c1-14(24(2,25)12-11-15-13-26-18-8-6-5-7-16(15)18)27-22(28)17-9-10-19(30-3)21(31-4)20(17)23(27)29/h5-10,13-14,26H,11-12,25H2,1-4H3. The van der Waals surface area contributed by atoms with Crippen molar-refractivity contribution >= 4 is 22.7 Å². The highest BCUT2D eigenvalue weighted by atomic mass is 16.5. The van der Waals surface area contributed by atoms with Crippen molar-refractivity contribution in [3.63, 3.8) is 0 Å². The predicted octanol–water partition coefficient (Wildman–Crippen LogP) is 3.52. The largest absolute Gasteiger partial charge is 0.493 e.